The van der Waals surface area contributed by atoms with E-state index in [1.165, 1.54) is 5.56 Å². The Labute approximate surface area is 155 Å². The molecule has 0 aliphatic carbocycles. The quantitative estimate of drug-likeness (QED) is 0.781. The molecule has 3 rings (SSSR count). The number of pyridine rings is 1. The number of hydrogen-bond acceptors (Lipinski definition) is 4. The number of aromatic nitrogens is 1. The summed E-state index contributed by atoms with van der Waals surface area (Å²) >= 11 is 0. The molecule has 26 heavy (non-hydrogen) atoms. The molecular weight excluding hydrogens is 348 g/mol. The molecule has 1 aromatic carbocycles. The molecule has 1 saturated heterocycles. The number of hydrogen-bond donors (Lipinski definition) is 0. The molecular formula is C20H24N2O3S. The largest absolute Gasteiger partial charge is 0.334 e. The third-order valence-corrected chi connectivity index (χ3v) is 6.55. The molecule has 5 nitrogen and oxygen atoms in total. The van der Waals surface area contributed by atoms with Gasteiger partial charge in [0, 0.05) is 25.0 Å². The van der Waals surface area contributed by atoms with Gasteiger partial charge >= 0.3 is 0 Å². The van der Waals surface area contributed by atoms with E-state index >= 15 is 0 Å². The van der Waals surface area contributed by atoms with Gasteiger partial charge in [-0.2, -0.15) is 0 Å². The molecule has 0 spiro atoms. The van der Waals surface area contributed by atoms with Gasteiger partial charge in [0.2, 0.25) is 5.91 Å². The van der Waals surface area contributed by atoms with Crippen molar-refractivity contribution in [3.8, 4) is 0 Å². The van der Waals surface area contributed by atoms with Crippen molar-refractivity contribution in [3.63, 3.8) is 0 Å². The van der Waals surface area contributed by atoms with Crippen molar-refractivity contribution in [1.82, 2.24) is 9.88 Å². The summed E-state index contributed by atoms with van der Waals surface area (Å²) in [6.07, 6.45) is 5.11. The summed E-state index contributed by atoms with van der Waals surface area (Å²) in [5.74, 6) is 0.164. The maximum Gasteiger partial charge on any atom is 0.227 e. The summed E-state index contributed by atoms with van der Waals surface area (Å²) < 4.78 is 23.8. The maximum absolute atomic E-state index is 13.0. The number of sulfone groups is 1. The van der Waals surface area contributed by atoms with Crippen molar-refractivity contribution in [2.45, 2.75) is 38.8 Å². The molecule has 2 heterocycles. The van der Waals surface area contributed by atoms with Gasteiger partial charge < -0.3 is 4.90 Å². The van der Waals surface area contributed by atoms with Crippen molar-refractivity contribution in [2.24, 2.45) is 0 Å². The van der Waals surface area contributed by atoms with Crippen LogP contribution in [0.3, 0.4) is 0 Å². The van der Waals surface area contributed by atoms with Crippen LogP contribution in [0.5, 0.6) is 0 Å². The molecule has 1 aliphatic rings. The molecule has 1 amide bonds. The fraction of sp³-hybridized carbons (Fsp3) is 0.400. The minimum Gasteiger partial charge on any atom is -0.334 e. The van der Waals surface area contributed by atoms with Gasteiger partial charge in [-0.1, -0.05) is 37.3 Å². The Morgan fingerprint density at radius 2 is 1.96 bits per heavy atom. The number of rotatable bonds is 6. The standard InChI is InChI=1S/C20H24N2O3S/c1-2-16-5-3-6-17(11-16)12-20(23)22(14-18-7-4-9-21-13-18)19-8-10-26(24,25)15-19/h3-7,9,11,13,19H,2,8,10,12,14-15H2,1H3. The molecule has 1 aromatic heterocycles. The maximum atomic E-state index is 13.0. The third kappa shape index (κ3) is 4.69. The number of carbonyl (C=O) groups excluding carboxylic acids is 1. The van der Waals surface area contributed by atoms with Crippen molar-refractivity contribution in [2.75, 3.05) is 11.5 Å². The summed E-state index contributed by atoms with van der Waals surface area (Å²) in [5.41, 5.74) is 3.07. The van der Waals surface area contributed by atoms with Gasteiger partial charge in [0.1, 0.15) is 0 Å². The lowest BCUT2D eigenvalue weighted by atomic mass is 10.0. The van der Waals surface area contributed by atoms with Gasteiger partial charge in [-0.15, -0.1) is 0 Å². The Morgan fingerprint density at radius 1 is 1.19 bits per heavy atom. The smallest absolute Gasteiger partial charge is 0.227 e. The second-order valence-corrected chi connectivity index (χ2v) is 9.02. The van der Waals surface area contributed by atoms with E-state index in [4.69, 9.17) is 0 Å². The first kappa shape index (κ1) is 18.6. The molecule has 0 radical (unpaired) electrons. The van der Waals surface area contributed by atoms with Crippen LogP contribution in [-0.4, -0.2) is 41.8 Å². The van der Waals surface area contributed by atoms with Crippen LogP contribution in [-0.2, 0) is 34.0 Å². The van der Waals surface area contributed by atoms with Gasteiger partial charge in [0.15, 0.2) is 9.84 Å². The molecule has 1 fully saturated rings. The molecule has 2 aromatic rings. The van der Waals surface area contributed by atoms with Crippen LogP contribution in [0.4, 0.5) is 0 Å². The highest BCUT2D eigenvalue weighted by molar-refractivity contribution is 7.91. The lowest BCUT2D eigenvalue weighted by Gasteiger charge is -2.28. The van der Waals surface area contributed by atoms with Crippen LogP contribution in [0.2, 0.25) is 0 Å². The number of benzene rings is 1. The van der Waals surface area contributed by atoms with E-state index in [0.717, 1.165) is 17.5 Å². The Kier molecular flexibility index (Phi) is 5.71. The van der Waals surface area contributed by atoms with Gasteiger partial charge in [0.05, 0.1) is 17.9 Å². The predicted octanol–water partition coefficient (Wildman–Crippen LogP) is 2.40. The molecule has 1 unspecified atom stereocenters. The average Bonchev–Trinajstić information content (AvgIpc) is 3.00. The van der Waals surface area contributed by atoms with Crippen molar-refractivity contribution in [3.05, 3.63) is 65.5 Å². The Bertz CT molecular complexity index is 866. The third-order valence-electron chi connectivity index (χ3n) is 4.80. The van der Waals surface area contributed by atoms with Crippen molar-refractivity contribution < 1.29 is 13.2 Å². The topological polar surface area (TPSA) is 67.3 Å². The van der Waals surface area contributed by atoms with Crippen molar-refractivity contribution in [1.29, 1.82) is 0 Å². The summed E-state index contributed by atoms with van der Waals surface area (Å²) in [6.45, 7) is 2.47. The first-order valence-corrected chi connectivity index (χ1v) is 10.8. The predicted molar refractivity (Wildman–Crippen MR) is 101 cm³/mol. The molecule has 0 saturated carbocycles. The Hall–Kier alpha value is -2.21. The second kappa shape index (κ2) is 7.99. The van der Waals surface area contributed by atoms with E-state index < -0.39 is 9.84 Å². The fourth-order valence-corrected chi connectivity index (χ4v) is 5.10. The molecule has 0 bridgehead atoms. The summed E-state index contributed by atoms with van der Waals surface area (Å²) in [6, 6.07) is 11.5. The highest BCUT2D eigenvalue weighted by Gasteiger charge is 2.34. The van der Waals surface area contributed by atoms with E-state index in [1.54, 1.807) is 17.3 Å². The van der Waals surface area contributed by atoms with Gasteiger partial charge in [0.25, 0.3) is 0 Å². The fourth-order valence-electron chi connectivity index (χ4n) is 3.37. The van der Waals surface area contributed by atoms with Crippen LogP contribution >= 0.6 is 0 Å². The number of nitrogens with zero attached hydrogens (tertiary/aromatic N) is 2. The first-order chi connectivity index (χ1) is 12.5. The van der Waals surface area contributed by atoms with E-state index in [2.05, 4.69) is 11.9 Å². The summed E-state index contributed by atoms with van der Waals surface area (Å²) in [7, 11) is -3.06. The second-order valence-electron chi connectivity index (χ2n) is 6.79. The minimum absolute atomic E-state index is 0.0378. The van der Waals surface area contributed by atoms with Crippen LogP contribution in [0, 0.1) is 0 Å². The van der Waals surface area contributed by atoms with Crippen molar-refractivity contribution >= 4 is 15.7 Å². The monoisotopic (exact) mass is 372 g/mol. The zero-order chi connectivity index (χ0) is 18.6. The van der Waals surface area contributed by atoms with E-state index in [9.17, 15) is 13.2 Å². The highest BCUT2D eigenvalue weighted by atomic mass is 32.2. The molecule has 138 valence electrons. The number of amides is 1. The lowest BCUT2D eigenvalue weighted by Crippen LogP contribution is -2.41. The molecule has 0 N–H and O–H groups in total. The van der Waals surface area contributed by atoms with Crippen LogP contribution in [0.15, 0.2) is 48.8 Å². The van der Waals surface area contributed by atoms with E-state index in [0.29, 0.717) is 13.0 Å². The SMILES string of the molecule is CCc1cccc(CC(=O)N(Cc2cccnc2)C2CCS(=O)(=O)C2)c1. The number of carbonyl (C=O) groups is 1. The minimum atomic E-state index is -3.06. The van der Waals surface area contributed by atoms with Gasteiger partial charge in [-0.3, -0.25) is 9.78 Å². The average molecular weight is 372 g/mol. The van der Waals surface area contributed by atoms with Crippen LogP contribution in [0.25, 0.3) is 0 Å². The van der Waals surface area contributed by atoms with Gasteiger partial charge in [-0.05, 0) is 35.6 Å². The Morgan fingerprint density at radius 3 is 2.62 bits per heavy atom. The lowest BCUT2D eigenvalue weighted by molar-refractivity contribution is -0.133. The van der Waals surface area contributed by atoms with Crippen LogP contribution in [0.1, 0.15) is 30.0 Å². The normalized spacial score (nSPS) is 18.6. The zero-order valence-electron chi connectivity index (χ0n) is 15.0. The molecule has 1 atom stereocenters. The Balaban J connectivity index is 1.80. The van der Waals surface area contributed by atoms with Gasteiger partial charge in [-0.25, -0.2) is 8.42 Å². The van der Waals surface area contributed by atoms with Crippen LogP contribution < -0.4 is 0 Å². The molecule has 6 heteroatoms. The highest BCUT2D eigenvalue weighted by Crippen LogP contribution is 2.21. The van der Waals surface area contributed by atoms with E-state index in [1.807, 2.05) is 36.4 Å². The molecule has 1 aliphatic heterocycles. The zero-order valence-corrected chi connectivity index (χ0v) is 15.8. The first-order valence-electron chi connectivity index (χ1n) is 8.93. The van der Waals surface area contributed by atoms with E-state index in [-0.39, 0.29) is 29.9 Å². The summed E-state index contributed by atoms with van der Waals surface area (Å²) in [5, 5.41) is 0. The number of aryl methyl sites for hydroxylation is 1. The summed E-state index contributed by atoms with van der Waals surface area (Å²) in [4.78, 5) is 18.9.